The number of nitrogens with two attached hydrogens (primary N) is 1. The Morgan fingerprint density at radius 3 is 2.89 bits per heavy atom. The van der Waals surface area contributed by atoms with Crippen molar-refractivity contribution in [2.24, 2.45) is 11.7 Å². The molecule has 2 atom stereocenters. The van der Waals surface area contributed by atoms with Crippen LogP contribution < -0.4 is 10.6 Å². The molecule has 0 aromatic heterocycles. The summed E-state index contributed by atoms with van der Waals surface area (Å²) in [4.78, 5) is 3.56. The average molecular weight is 280 g/mol. The van der Waals surface area contributed by atoms with Crippen LogP contribution in [0.5, 0.6) is 0 Å². The molecule has 2 unspecified atom stereocenters. The van der Waals surface area contributed by atoms with Crippen LogP contribution >= 0.6 is 11.8 Å². The van der Waals surface area contributed by atoms with Crippen molar-refractivity contribution in [2.45, 2.75) is 37.8 Å². The van der Waals surface area contributed by atoms with E-state index in [-0.39, 0.29) is 6.10 Å². The summed E-state index contributed by atoms with van der Waals surface area (Å²) in [7, 11) is 0. The molecule has 0 radical (unpaired) electrons. The van der Waals surface area contributed by atoms with Crippen LogP contribution in [0.1, 0.15) is 25.8 Å². The van der Waals surface area contributed by atoms with Crippen molar-refractivity contribution in [1.29, 1.82) is 0 Å². The lowest BCUT2D eigenvalue weighted by molar-refractivity contribution is 0.103. The fourth-order valence-electron chi connectivity index (χ4n) is 2.61. The van der Waals surface area contributed by atoms with Gasteiger partial charge in [-0.25, -0.2) is 0 Å². The van der Waals surface area contributed by atoms with Crippen LogP contribution in [0, 0.1) is 5.92 Å². The second kappa shape index (κ2) is 6.64. The van der Waals surface area contributed by atoms with Crippen LogP contribution in [-0.2, 0) is 6.54 Å². The molecular formula is C15H24N2OS. The van der Waals surface area contributed by atoms with Crippen LogP contribution in [-0.4, -0.2) is 30.1 Å². The maximum atomic E-state index is 10.1. The minimum Gasteiger partial charge on any atom is -0.391 e. The largest absolute Gasteiger partial charge is 0.391 e. The highest BCUT2D eigenvalue weighted by Crippen LogP contribution is 2.32. The van der Waals surface area contributed by atoms with Crippen molar-refractivity contribution in [3.05, 3.63) is 23.8 Å². The molecule has 1 fully saturated rings. The van der Waals surface area contributed by atoms with E-state index in [0.29, 0.717) is 19.0 Å². The average Bonchev–Trinajstić information content (AvgIpc) is 2.42. The van der Waals surface area contributed by atoms with Gasteiger partial charge in [-0.15, -0.1) is 11.8 Å². The van der Waals surface area contributed by atoms with Crippen molar-refractivity contribution in [3.63, 3.8) is 0 Å². The fraction of sp³-hybridized carbons (Fsp3) is 0.600. The summed E-state index contributed by atoms with van der Waals surface area (Å²) < 4.78 is 0. The van der Waals surface area contributed by atoms with Gasteiger partial charge < -0.3 is 15.7 Å². The van der Waals surface area contributed by atoms with Crippen LogP contribution in [0.15, 0.2) is 23.1 Å². The number of hydrogen-bond acceptors (Lipinski definition) is 4. The predicted molar refractivity (Wildman–Crippen MR) is 82.7 cm³/mol. The van der Waals surface area contributed by atoms with Gasteiger partial charge in [0.05, 0.1) is 6.10 Å². The number of aliphatic hydroxyl groups is 1. The van der Waals surface area contributed by atoms with E-state index in [4.69, 9.17) is 5.73 Å². The molecule has 1 aromatic rings. The normalized spacial score (nSPS) is 23.7. The Hall–Kier alpha value is -0.710. The van der Waals surface area contributed by atoms with Crippen molar-refractivity contribution < 1.29 is 5.11 Å². The molecule has 2 rings (SSSR count). The van der Waals surface area contributed by atoms with Gasteiger partial charge in [0.25, 0.3) is 0 Å². The van der Waals surface area contributed by atoms with Gasteiger partial charge in [-0.3, -0.25) is 0 Å². The lowest BCUT2D eigenvalue weighted by Crippen LogP contribution is -2.43. The molecule has 19 heavy (non-hydrogen) atoms. The molecular weight excluding hydrogens is 256 g/mol. The number of hydrogen-bond donors (Lipinski definition) is 2. The molecule has 106 valence electrons. The molecule has 0 amide bonds. The summed E-state index contributed by atoms with van der Waals surface area (Å²) in [5.41, 5.74) is 8.37. The highest BCUT2D eigenvalue weighted by Gasteiger charge is 2.25. The Labute approximate surface area is 120 Å². The number of anilines is 1. The van der Waals surface area contributed by atoms with Crippen LogP contribution in [0.3, 0.4) is 0 Å². The van der Waals surface area contributed by atoms with Gasteiger partial charge in [0.15, 0.2) is 0 Å². The fourth-order valence-corrected chi connectivity index (χ4v) is 3.46. The Morgan fingerprint density at radius 1 is 1.47 bits per heavy atom. The van der Waals surface area contributed by atoms with E-state index in [0.717, 1.165) is 18.7 Å². The molecule has 4 heteroatoms. The minimum absolute atomic E-state index is 0.234. The van der Waals surface area contributed by atoms with E-state index in [1.54, 1.807) is 0 Å². The Bertz CT molecular complexity index is 425. The quantitative estimate of drug-likeness (QED) is 0.832. The number of β-amino-alcohol motifs (C(OH)–C–C–N with tert-alkyl or cyclic N) is 1. The zero-order chi connectivity index (χ0) is 13.8. The highest BCUT2D eigenvalue weighted by molar-refractivity contribution is 7.99. The Morgan fingerprint density at radius 2 is 2.26 bits per heavy atom. The van der Waals surface area contributed by atoms with Gasteiger partial charge in [-0.2, -0.15) is 0 Å². The lowest BCUT2D eigenvalue weighted by atomic mass is 9.95. The number of thioether (sulfide) groups is 1. The first-order valence-corrected chi connectivity index (χ1v) is 8.03. The standard InChI is InChI=1S/C15H24N2OS/c1-3-19-15-6-4-5-13(12(15)9-16)17-8-7-11(2)14(18)10-17/h4-6,11,14,18H,3,7-10,16H2,1-2H3. The second-order valence-electron chi connectivity index (χ2n) is 5.17. The summed E-state index contributed by atoms with van der Waals surface area (Å²) >= 11 is 1.84. The van der Waals surface area contributed by atoms with Gasteiger partial charge in [0.1, 0.15) is 0 Å². The second-order valence-corrected chi connectivity index (χ2v) is 6.48. The van der Waals surface area contributed by atoms with Crippen molar-refractivity contribution in [3.8, 4) is 0 Å². The summed E-state index contributed by atoms with van der Waals surface area (Å²) in [6, 6.07) is 6.37. The third-order valence-corrected chi connectivity index (χ3v) is 4.85. The Kier molecular flexibility index (Phi) is 5.13. The summed E-state index contributed by atoms with van der Waals surface area (Å²) in [6.45, 7) is 6.56. The van der Waals surface area contributed by atoms with Crippen LogP contribution in [0.25, 0.3) is 0 Å². The molecule has 0 bridgehead atoms. The van der Waals surface area contributed by atoms with Gasteiger partial charge in [-0.1, -0.05) is 19.9 Å². The minimum atomic E-state index is -0.234. The number of nitrogens with zero attached hydrogens (tertiary/aromatic N) is 1. The van der Waals surface area contributed by atoms with Gasteiger partial charge >= 0.3 is 0 Å². The van der Waals surface area contributed by atoms with Crippen LogP contribution in [0.4, 0.5) is 5.69 Å². The topological polar surface area (TPSA) is 49.5 Å². The van der Waals surface area contributed by atoms with Gasteiger partial charge in [0.2, 0.25) is 0 Å². The third kappa shape index (κ3) is 3.25. The third-order valence-electron chi connectivity index (χ3n) is 3.87. The molecule has 1 aliphatic rings. The van der Waals surface area contributed by atoms with E-state index in [1.807, 2.05) is 11.8 Å². The van der Waals surface area contributed by atoms with Crippen molar-refractivity contribution in [1.82, 2.24) is 0 Å². The summed E-state index contributed by atoms with van der Waals surface area (Å²) in [5, 5.41) is 10.1. The molecule has 1 aromatic carbocycles. The van der Waals surface area contributed by atoms with Gasteiger partial charge in [-0.05, 0) is 30.2 Å². The molecule has 1 aliphatic heterocycles. The summed E-state index contributed by atoms with van der Waals surface area (Å²) in [5.74, 6) is 1.45. The SMILES string of the molecule is CCSc1cccc(N2CCC(C)C(O)C2)c1CN. The zero-order valence-electron chi connectivity index (χ0n) is 11.8. The maximum absolute atomic E-state index is 10.1. The first kappa shape index (κ1) is 14.7. The molecule has 1 heterocycles. The number of aliphatic hydroxyl groups excluding tert-OH is 1. The zero-order valence-corrected chi connectivity index (χ0v) is 12.6. The number of piperidine rings is 1. The number of benzene rings is 1. The van der Waals surface area contributed by atoms with E-state index in [2.05, 4.69) is 36.9 Å². The first-order valence-electron chi connectivity index (χ1n) is 7.05. The molecule has 3 N–H and O–H groups in total. The highest BCUT2D eigenvalue weighted by atomic mass is 32.2. The van der Waals surface area contributed by atoms with E-state index in [9.17, 15) is 5.11 Å². The lowest BCUT2D eigenvalue weighted by Gasteiger charge is -2.37. The molecule has 0 aliphatic carbocycles. The molecule has 3 nitrogen and oxygen atoms in total. The van der Waals surface area contributed by atoms with Crippen LogP contribution in [0.2, 0.25) is 0 Å². The monoisotopic (exact) mass is 280 g/mol. The van der Waals surface area contributed by atoms with E-state index < -0.39 is 0 Å². The van der Waals surface area contributed by atoms with Crippen molar-refractivity contribution >= 4 is 17.4 Å². The van der Waals surface area contributed by atoms with Crippen molar-refractivity contribution in [2.75, 3.05) is 23.7 Å². The molecule has 0 saturated carbocycles. The molecule has 1 saturated heterocycles. The summed E-state index contributed by atoms with van der Waals surface area (Å²) in [6.07, 6.45) is 0.804. The Balaban J connectivity index is 2.26. The predicted octanol–water partition coefficient (Wildman–Crippen LogP) is 2.46. The first-order chi connectivity index (χ1) is 9.17. The van der Waals surface area contributed by atoms with Gasteiger partial charge in [0, 0.05) is 35.8 Å². The smallest absolute Gasteiger partial charge is 0.0741 e. The molecule has 0 spiro atoms. The number of rotatable bonds is 4. The van der Waals surface area contributed by atoms with E-state index in [1.165, 1.54) is 16.1 Å². The van der Waals surface area contributed by atoms with E-state index >= 15 is 0 Å². The maximum Gasteiger partial charge on any atom is 0.0741 e.